The Bertz CT molecular complexity index is 599. The Balaban J connectivity index is 1.90. The summed E-state index contributed by atoms with van der Waals surface area (Å²) in [5.41, 5.74) is 2.92. The molecule has 2 aromatic rings. The van der Waals surface area contributed by atoms with Gasteiger partial charge in [-0.3, -0.25) is 4.79 Å². The number of halogens is 2. The lowest BCUT2D eigenvalue weighted by Crippen LogP contribution is -2.24. The van der Waals surface area contributed by atoms with Crippen LogP contribution in [0.1, 0.15) is 16.7 Å². The first-order valence-electron chi connectivity index (χ1n) is 6.33. The van der Waals surface area contributed by atoms with Crippen molar-refractivity contribution < 1.29 is 4.79 Å². The Hall–Kier alpha value is -1.51. The maximum absolute atomic E-state index is 11.9. The molecule has 1 N–H and O–H groups in total. The van der Waals surface area contributed by atoms with Gasteiger partial charge in [-0.05, 0) is 22.8 Å². The monoisotopic (exact) mass is 307 g/mol. The van der Waals surface area contributed by atoms with Gasteiger partial charge in [-0.2, -0.15) is 0 Å². The van der Waals surface area contributed by atoms with Crippen LogP contribution in [0.15, 0.2) is 48.5 Å². The first-order valence-corrected chi connectivity index (χ1v) is 7.24. The third-order valence-electron chi connectivity index (χ3n) is 2.94. The van der Waals surface area contributed by atoms with Crippen molar-refractivity contribution in [3.05, 3.63) is 70.2 Å². The Morgan fingerprint density at radius 3 is 2.55 bits per heavy atom. The molecule has 20 heavy (non-hydrogen) atoms. The Kier molecular flexibility index (Phi) is 5.45. The number of hydrogen-bond acceptors (Lipinski definition) is 1. The number of alkyl halides is 1. The van der Waals surface area contributed by atoms with Gasteiger partial charge in [0.15, 0.2) is 0 Å². The maximum Gasteiger partial charge on any atom is 0.224 e. The second-order valence-corrected chi connectivity index (χ2v) is 5.17. The zero-order chi connectivity index (χ0) is 14.4. The van der Waals surface area contributed by atoms with E-state index in [0.29, 0.717) is 17.4 Å². The second-order valence-electron chi connectivity index (χ2n) is 4.50. The van der Waals surface area contributed by atoms with Gasteiger partial charge >= 0.3 is 0 Å². The summed E-state index contributed by atoms with van der Waals surface area (Å²) in [6, 6.07) is 15.2. The molecule has 0 fully saturated rings. The van der Waals surface area contributed by atoms with Crippen LogP contribution in [0.3, 0.4) is 0 Å². The van der Waals surface area contributed by atoms with Crippen molar-refractivity contribution in [1.82, 2.24) is 5.32 Å². The van der Waals surface area contributed by atoms with Gasteiger partial charge in [-0.25, -0.2) is 0 Å². The number of carbonyl (C=O) groups excluding carboxylic acids is 1. The zero-order valence-corrected chi connectivity index (χ0v) is 12.4. The molecule has 0 saturated heterocycles. The summed E-state index contributed by atoms with van der Waals surface area (Å²) in [7, 11) is 0. The quantitative estimate of drug-likeness (QED) is 0.833. The van der Waals surface area contributed by atoms with E-state index in [1.54, 1.807) is 6.07 Å². The van der Waals surface area contributed by atoms with Crippen LogP contribution in [0, 0.1) is 0 Å². The molecular formula is C16H15Cl2NO. The van der Waals surface area contributed by atoms with Gasteiger partial charge in [0, 0.05) is 17.4 Å². The minimum atomic E-state index is -0.0469. The minimum Gasteiger partial charge on any atom is -0.352 e. The van der Waals surface area contributed by atoms with Crippen LogP contribution < -0.4 is 5.32 Å². The van der Waals surface area contributed by atoms with Crippen molar-refractivity contribution in [1.29, 1.82) is 0 Å². The van der Waals surface area contributed by atoms with E-state index < -0.39 is 0 Å². The highest BCUT2D eigenvalue weighted by molar-refractivity contribution is 6.31. The van der Waals surface area contributed by atoms with Crippen LogP contribution in [0.25, 0.3) is 0 Å². The molecule has 2 aromatic carbocycles. The predicted molar refractivity (Wildman–Crippen MR) is 83.0 cm³/mol. The van der Waals surface area contributed by atoms with E-state index >= 15 is 0 Å². The normalized spacial score (nSPS) is 10.3. The van der Waals surface area contributed by atoms with E-state index in [1.807, 2.05) is 42.5 Å². The summed E-state index contributed by atoms with van der Waals surface area (Å²) >= 11 is 11.8. The Labute approximate surface area is 128 Å². The lowest BCUT2D eigenvalue weighted by molar-refractivity contribution is -0.120. The number of benzene rings is 2. The van der Waals surface area contributed by atoms with Gasteiger partial charge in [0.1, 0.15) is 0 Å². The molecule has 0 atom stereocenters. The summed E-state index contributed by atoms with van der Waals surface area (Å²) in [6.45, 7) is 0.494. The highest BCUT2D eigenvalue weighted by Crippen LogP contribution is 2.15. The summed E-state index contributed by atoms with van der Waals surface area (Å²) in [5.74, 6) is 0.427. The SMILES string of the molecule is O=C(Cc1ccccc1Cl)NCc1cccc(CCl)c1. The molecule has 0 bridgehead atoms. The zero-order valence-electron chi connectivity index (χ0n) is 10.9. The molecule has 0 aliphatic heterocycles. The molecule has 0 aliphatic carbocycles. The molecule has 0 radical (unpaired) electrons. The van der Waals surface area contributed by atoms with E-state index in [4.69, 9.17) is 23.2 Å². The highest BCUT2D eigenvalue weighted by Gasteiger charge is 2.06. The maximum atomic E-state index is 11.9. The second kappa shape index (κ2) is 7.32. The van der Waals surface area contributed by atoms with E-state index in [-0.39, 0.29) is 12.3 Å². The molecule has 1 amide bonds. The van der Waals surface area contributed by atoms with E-state index in [2.05, 4.69) is 5.32 Å². The molecule has 0 saturated carbocycles. The highest BCUT2D eigenvalue weighted by atomic mass is 35.5. The summed E-state index contributed by atoms with van der Waals surface area (Å²) < 4.78 is 0. The third-order valence-corrected chi connectivity index (χ3v) is 3.62. The smallest absolute Gasteiger partial charge is 0.224 e. The topological polar surface area (TPSA) is 29.1 Å². The molecule has 0 heterocycles. The Morgan fingerprint density at radius 1 is 1.05 bits per heavy atom. The lowest BCUT2D eigenvalue weighted by Gasteiger charge is -2.07. The van der Waals surface area contributed by atoms with Crippen LogP contribution in [0.4, 0.5) is 0 Å². The van der Waals surface area contributed by atoms with Crippen LogP contribution >= 0.6 is 23.2 Å². The van der Waals surface area contributed by atoms with Crippen molar-refractivity contribution in [3.63, 3.8) is 0 Å². The Morgan fingerprint density at radius 2 is 1.80 bits per heavy atom. The molecule has 4 heteroatoms. The number of rotatable bonds is 5. The predicted octanol–water partition coefficient (Wildman–Crippen LogP) is 3.94. The molecule has 0 aliphatic rings. The lowest BCUT2D eigenvalue weighted by atomic mass is 10.1. The number of nitrogens with one attached hydrogen (secondary N) is 1. The average molecular weight is 308 g/mol. The van der Waals surface area contributed by atoms with Crippen LogP contribution in [0.2, 0.25) is 5.02 Å². The standard InChI is InChI=1S/C16H15Cl2NO/c17-10-12-4-3-5-13(8-12)11-19-16(20)9-14-6-1-2-7-15(14)18/h1-8H,9-11H2,(H,19,20). The van der Waals surface area contributed by atoms with E-state index in [0.717, 1.165) is 16.7 Å². The van der Waals surface area contributed by atoms with Crippen molar-refractivity contribution in [2.75, 3.05) is 0 Å². The average Bonchev–Trinajstić information content (AvgIpc) is 2.48. The third kappa shape index (κ3) is 4.26. The van der Waals surface area contributed by atoms with E-state index in [9.17, 15) is 4.79 Å². The number of hydrogen-bond donors (Lipinski definition) is 1. The fourth-order valence-corrected chi connectivity index (χ4v) is 2.27. The summed E-state index contributed by atoms with van der Waals surface area (Å²) in [6.07, 6.45) is 0.287. The van der Waals surface area contributed by atoms with Gasteiger partial charge in [0.05, 0.1) is 6.42 Å². The fourth-order valence-electron chi connectivity index (χ4n) is 1.90. The van der Waals surface area contributed by atoms with Crippen LogP contribution in [-0.4, -0.2) is 5.91 Å². The van der Waals surface area contributed by atoms with Gasteiger partial charge in [-0.15, -0.1) is 11.6 Å². The first kappa shape index (κ1) is 14.9. The van der Waals surface area contributed by atoms with Gasteiger partial charge in [0.2, 0.25) is 5.91 Å². The molecule has 104 valence electrons. The largest absolute Gasteiger partial charge is 0.352 e. The molecular weight excluding hydrogens is 293 g/mol. The van der Waals surface area contributed by atoms with Crippen molar-refractivity contribution >= 4 is 29.1 Å². The van der Waals surface area contributed by atoms with Crippen molar-refractivity contribution in [3.8, 4) is 0 Å². The van der Waals surface area contributed by atoms with Crippen LogP contribution in [-0.2, 0) is 23.6 Å². The van der Waals surface area contributed by atoms with Crippen molar-refractivity contribution in [2.45, 2.75) is 18.8 Å². The van der Waals surface area contributed by atoms with Gasteiger partial charge in [-0.1, -0.05) is 54.1 Å². The molecule has 0 spiro atoms. The number of amides is 1. The fraction of sp³-hybridized carbons (Fsp3) is 0.188. The summed E-state index contributed by atoms with van der Waals surface area (Å²) in [5, 5.41) is 3.50. The van der Waals surface area contributed by atoms with E-state index in [1.165, 1.54) is 0 Å². The minimum absolute atomic E-state index is 0.0469. The van der Waals surface area contributed by atoms with Gasteiger partial charge < -0.3 is 5.32 Å². The van der Waals surface area contributed by atoms with Gasteiger partial charge in [0.25, 0.3) is 0 Å². The summed E-state index contributed by atoms with van der Waals surface area (Å²) in [4.78, 5) is 11.9. The number of carbonyl (C=O) groups is 1. The van der Waals surface area contributed by atoms with Crippen LogP contribution in [0.5, 0.6) is 0 Å². The molecule has 2 nitrogen and oxygen atoms in total. The van der Waals surface area contributed by atoms with Crippen molar-refractivity contribution in [2.24, 2.45) is 0 Å². The molecule has 0 unspecified atom stereocenters. The molecule has 2 rings (SSSR count). The first-order chi connectivity index (χ1) is 9.69. The molecule has 0 aromatic heterocycles.